The molecule has 0 fully saturated rings. The summed E-state index contributed by atoms with van der Waals surface area (Å²) in [7, 11) is -4.00. The predicted octanol–water partition coefficient (Wildman–Crippen LogP) is 3.95. The summed E-state index contributed by atoms with van der Waals surface area (Å²) in [4.78, 5) is 11.3. The fourth-order valence-electron chi connectivity index (χ4n) is 2.24. The minimum atomic E-state index is -4.51. The van der Waals surface area contributed by atoms with Gasteiger partial charge >= 0.3 is 6.18 Å². The lowest BCUT2D eigenvalue weighted by Crippen LogP contribution is -2.27. The van der Waals surface area contributed by atoms with E-state index in [1.807, 2.05) is 0 Å². The van der Waals surface area contributed by atoms with Crippen LogP contribution in [0.2, 0.25) is 0 Å². The van der Waals surface area contributed by atoms with Gasteiger partial charge in [-0.25, -0.2) is 13.1 Å². The van der Waals surface area contributed by atoms with E-state index in [4.69, 9.17) is 0 Å². The molecule has 0 aliphatic heterocycles. The zero-order chi connectivity index (χ0) is 18.8. The molecule has 0 aromatic heterocycles. The number of Topliss-reactive ketones (excluding diaryl/α,β-unsaturated/α-hetero) is 1. The summed E-state index contributed by atoms with van der Waals surface area (Å²) in [5.41, 5.74) is -0.439. The van der Waals surface area contributed by atoms with Crippen LogP contribution < -0.4 is 4.72 Å². The first-order valence-corrected chi connectivity index (χ1v) is 8.79. The summed E-state index contributed by atoms with van der Waals surface area (Å²) in [6, 6.07) is 9.02. The molecule has 0 saturated heterocycles. The van der Waals surface area contributed by atoms with Crippen molar-refractivity contribution in [1.29, 1.82) is 0 Å². The summed E-state index contributed by atoms with van der Waals surface area (Å²) in [6.07, 6.45) is -4.51. The van der Waals surface area contributed by atoms with Crippen molar-refractivity contribution in [2.45, 2.75) is 31.0 Å². The van der Waals surface area contributed by atoms with Crippen LogP contribution in [0.3, 0.4) is 0 Å². The minimum absolute atomic E-state index is 0.126. The van der Waals surface area contributed by atoms with Crippen molar-refractivity contribution >= 4 is 15.8 Å². The molecule has 0 aliphatic carbocycles. The molecule has 4 nitrogen and oxygen atoms in total. The van der Waals surface area contributed by atoms with Gasteiger partial charge in [-0.1, -0.05) is 24.3 Å². The minimum Gasteiger partial charge on any atom is -0.295 e. The van der Waals surface area contributed by atoms with Gasteiger partial charge < -0.3 is 0 Å². The Morgan fingerprint density at radius 3 is 2.32 bits per heavy atom. The number of halogens is 3. The van der Waals surface area contributed by atoms with Crippen LogP contribution in [0, 0.1) is 0 Å². The van der Waals surface area contributed by atoms with E-state index in [2.05, 4.69) is 4.72 Å². The molecule has 2 aromatic carbocycles. The normalized spacial score (nSPS) is 13.5. The van der Waals surface area contributed by atoms with E-state index >= 15 is 0 Å². The van der Waals surface area contributed by atoms with Crippen LogP contribution in [-0.4, -0.2) is 14.2 Å². The third kappa shape index (κ3) is 4.67. The van der Waals surface area contributed by atoms with Crippen LogP contribution in [-0.2, 0) is 16.2 Å². The lowest BCUT2D eigenvalue weighted by molar-refractivity contribution is -0.137. The average molecular weight is 371 g/mol. The SMILES string of the molecule is CC(=O)c1cccc(S(=O)(=O)NC(C)c2cccc(C(F)(F)F)c2)c1. The molecule has 0 bridgehead atoms. The number of hydrogen-bond acceptors (Lipinski definition) is 3. The lowest BCUT2D eigenvalue weighted by atomic mass is 10.1. The van der Waals surface area contributed by atoms with Gasteiger partial charge in [0.15, 0.2) is 5.78 Å². The molecule has 2 aromatic rings. The summed E-state index contributed by atoms with van der Waals surface area (Å²) in [5, 5.41) is 0. The number of carbonyl (C=O) groups is 1. The zero-order valence-electron chi connectivity index (χ0n) is 13.5. The van der Waals surface area contributed by atoms with E-state index in [1.165, 1.54) is 50.2 Å². The van der Waals surface area contributed by atoms with Crippen molar-refractivity contribution < 1.29 is 26.4 Å². The lowest BCUT2D eigenvalue weighted by Gasteiger charge is -2.16. The van der Waals surface area contributed by atoms with Gasteiger partial charge in [0, 0.05) is 11.6 Å². The van der Waals surface area contributed by atoms with E-state index in [0.717, 1.165) is 12.1 Å². The molecule has 0 amide bonds. The number of carbonyl (C=O) groups excluding carboxylic acids is 1. The van der Waals surface area contributed by atoms with Gasteiger partial charge in [0.25, 0.3) is 0 Å². The van der Waals surface area contributed by atoms with E-state index in [9.17, 15) is 26.4 Å². The Morgan fingerprint density at radius 1 is 1.08 bits per heavy atom. The number of hydrogen-bond donors (Lipinski definition) is 1. The van der Waals surface area contributed by atoms with Gasteiger partial charge in [-0.2, -0.15) is 13.2 Å². The third-order valence-corrected chi connectivity index (χ3v) is 5.14. The number of alkyl halides is 3. The van der Waals surface area contributed by atoms with Gasteiger partial charge in [0.1, 0.15) is 0 Å². The molecule has 0 aliphatic rings. The van der Waals surface area contributed by atoms with Gasteiger partial charge in [0.2, 0.25) is 10.0 Å². The maximum absolute atomic E-state index is 12.8. The number of benzene rings is 2. The smallest absolute Gasteiger partial charge is 0.295 e. The van der Waals surface area contributed by atoms with Crippen molar-refractivity contribution in [3.63, 3.8) is 0 Å². The molecule has 1 N–H and O–H groups in total. The highest BCUT2D eigenvalue weighted by molar-refractivity contribution is 7.89. The van der Waals surface area contributed by atoms with Crippen molar-refractivity contribution in [2.24, 2.45) is 0 Å². The number of sulfonamides is 1. The number of ketones is 1. The van der Waals surface area contributed by atoms with Crippen molar-refractivity contribution in [3.05, 3.63) is 65.2 Å². The summed E-state index contributed by atoms with van der Waals surface area (Å²) >= 11 is 0. The molecule has 2 rings (SSSR count). The first-order valence-electron chi connectivity index (χ1n) is 7.31. The molecule has 134 valence electrons. The standard InChI is InChI=1S/C17H16F3NO3S/c1-11(13-5-3-7-15(9-13)17(18,19)20)21-25(23,24)16-8-4-6-14(10-16)12(2)22/h3-11,21H,1-2H3. The average Bonchev–Trinajstić information content (AvgIpc) is 2.54. The second kappa shape index (κ2) is 6.97. The number of rotatable bonds is 5. The van der Waals surface area contributed by atoms with Crippen LogP contribution in [0.5, 0.6) is 0 Å². The Labute approximate surface area is 143 Å². The molecule has 0 radical (unpaired) electrons. The first kappa shape index (κ1) is 19.1. The Hall–Kier alpha value is -2.19. The fraction of sp³-hybridized carbons (Fsp3) is 0.235. The van der Waals surface area contributed by atoms with Crippen molar-refractivity contribution in [2.75, 3.05) is 0 Å². The quantitative estimate of drug-likeness (QED) is 0.810. The van der Waals surface area contributed by atoms with E-state index in [-0.39, 0.29) is 21.8 Å². The molecular weight excluding hydrogens is 355 g/mol. The fourth-order valence-corrected chi connectivity index (χ4v) is 3.51. The second-order valence-corrected chi connectivity index (χ2v) is 7.26. The van der Waals surface area contributed by atoms with Crippen LogP contribution in [0.15, 0.2) is 53.4 Å². The molecule has 1 atom stereocenters. The van der Waals surface area contributed by atoms with Gasteiger partial charge in [-0.05, 0) is 43.7 Å². The zero-order valence-corrected chi connectivity index (χ0v) is 14.3. The molecule has 0 heterocycles. The van der Waals surface area contributed by atoms with Crippen LogP contribution in [0.1, 0.15) is 41.4 Å². The van der Waals surface area contributed by atoms with Crippen molar-refractivity contribution in [1.82, 2.24) is 4.72 Å². The van der Waals surface area contributed by atoms with E-state index < -0.39 is 27.8 Å². The molecule has 0 spiro atoms. The van der Waals surface area contributed by atoms with Gasteiger partial charge in [-0.3, -0.25) is 4.79 Å². The van der Waals surface area contributed by atoms with Gasteiger partial charge in [-0.15, -0.1) is 0 Å². The van der Waals surface area contributed by atoms with E-state index in [0.29, 0.717) is 0 Å². The Balaban J connectivity index is 2.29. The Morgan fingerprint density at radius 2 is 1.72 bits per heavy atom. The maximum Gasteiger partial charge on any atom is 0.416 e. The van der Waals surface area contributed by atoms with E-state index in [1.54, 1.807) is 0 Å². The molecule has 0 saturated carbocycles. The first-order chi connectivity index (χ1) is 11.5. The van der Waals surface area contributed by atoms with Crippen LogP contribution in [0.4, 0.5) is 13.2 Å². The summed E-state index contributed by atoms with van der Waals surface area (Å²) < 4.78 is 65.5. The third-order valence-electron chi connectivity index (χ3n) is 3.60. The molecule has 8 heteroatoms. The summed E-state index contributed by atoms with van der Waals surface area (Å²) in [6.45, 7) is 2.76. The molecule has 25 heavy (non-hydrogen) atoms. The highest BCUT2D eigenvalue weighted by atomic mass is 32.2. The summed E-state index contributed by atoms with van der Waals surface area (Å²) in [5.74, 6) is -0.289. The van der Waals surface area contributed by atoms with Crippen molar-refractivity contribution in [3.8, 4) is 0 Å². The molecule has 1 unspecified atom stereocenters. The predicted molar refractivity (Wildman–Crippen MR) is 86.6 cm³/mol. The molecular formula is C17H16F3NO3S. The second-order valence-electron chi connectivity index (χ2n) is 5.55. The highest BCUT2D eigenvalue weighted by Crippen LogP contribution is 2.31. The topological polar surface area (TPSA) is 63.2 Å². The monoisotopic (exact) mass is 371 g/mol. The van der Waals surface area contributed by atoms with Gasteiger partial charge in [0.05, 0.1) is 10.5 Å². The van der Waals surface area contributed by atoms with Crippen LogP contribution >= 0.6 is 0 Å². The number of nitrogens with one attached hydrogen (secondary N) is 1. The highest BCUT2D eigenvalue weighted by Gasteiger charge is 2.31. The van der Waals surface area contributed by atoms with Crippen LogP contribution in [0.25, 0.3) is 0 Å². The Bertz CT molecular complexity index is 892. The maximum atomic E-state index is 12.8. The largest absolute Gasteiger partial charge is 0.416 e. The Kier molecular flexibility index (Phi) is 5.34.